The molecule has 0 aromatic carbocycles. The van der Waals surface area contributed by atoms with E-state index < -0.39 is 0 Å². The fourth-order valence-electron chi connectivity index (χ4n) is 0.287. The number of rotatable bonds is 2. The SMILES string of the molecule is CC(=O)OCC=S(C)C. The summed E-state index contributed by atoms with van der Waals surface area (Å²) in [6, 6.07) is 0. The van der Waals surface area contributed by atoms with Gasteiger partial charge in [0.15, 0.2) is 0 Å². The highest BCUT2D eigenvalue weighted by molar-refractivity contribution is 8.13. The molecule has 0 rings (SSSR count). The minimum absolute atomic E-state index is 0.211. The summed E-state index contributed by atoms with van der Waals surface area (Å²) >= 11 is 0. The zero-order valence-corrected chi connectivity index (χ0v) is 6.83. The molecule has 2 nitrogen and oxygen atoms in total. The minimum Gasteiger partial charge on any atom is -0.461 e. The molecular weight excluding hydrogens is 136 g/mol. The molecule has 0 unspecified atom stereocenters. The van der Waals surface area contributed by atoms with Crippen molar-refractivity contribution in [1.82, 2.24) is 0 Å². The van der Waals surface area contributed by atoms with Crippen LogP contribution in [0.4, 0.5) is 0 Å². The summed E-state index contributed by atoms with van der Waals surface area (Å²) in [4.78, 5) is 10.2. The summed E-state index contributed by atoms with van der Waals surface area (Å²) in [7, 11) is 0.266. The third-order valence-electron chi connectivity index (χ3n) is 0.688. The molecule has 0 fully saturated rings. The van der Waals surface area contributed by atoms with Gasteiger partial charge in [0.05, 0.1) is 0 Å². The average Bonchev–Trinajstić information content (AvgIpc) is 1.63. The number of hydrogen-bond acceptors (Lipinski definition) is 2. The van der Waals surface area contributed by atoms with Gasteiger partial charge in [-0.1, -0.05) is 0 Å². The molecule has 0 radical (unpaired) electrons. The lowest BCUT2D eigenvalue weighted by atomic mass is 10.8. The van der Waals surface area contributed by atoms with Crippen molar-refractivity contribution < 1.29 is 9.53 Å². The van der Waals surface area contributed by atoms with E-state index in [9.17, 15) is 4.79 Å². The topological polar surface area (TPSA) is 26.3 Å². The molecule has 0 aliphatic heterocycles. The van der Waals surface area contributed by atoms with E-state index in [4.69, 9.17) is 0 Å². The highest BCUT2D eigenvalue weighted by Gasteiger charge is 1.86. The Morgan fingerprint density at radius 2 is 2.22 bits per heavy atom. The summed E-state index contributed by atoms with van der Waals surface area (Å²) in [5, 5.41) is 1.97. The Hall–Kier alpha value is -0.310. The van der Waals surface area contributed by atoms with E-state index in [2.05, 4.69) is 17.2 Å². The molecular formula is C6H12O2S. The normalized spacial score (nSPS) is 9.33. The van der Waals surface area contributed by atoms with Gasteiger partial charge in [-0.05, 0) is 17.9 Å². The first kappa shape index (κ1) is 8.69. The first-order valence-electron chi connectivity index (χ1n) is 2.66. The predicted molar refractivity (Wildman–Crippen MR) is 42.1 cm³/mol. The van der Waals surface area contributed by atoms with Crippen molar-refractivity contribution in [3.8, 4) is 0 Å². The van der Waals surface area contributed by atoms with Crippen LogP contribution in [0.3, 0.4) is 0 Å². The molecule has 0 saturated heterocycles. The smallest absolute Gasteiger partial charge is 0.302 e. The minimum atomic E-state index is -0.211. The summed E-state index contributed by atoms with van der Waals surface area (Å²) in [5.74, 6) is -0.211. The zero-order chi connectivity index (χ0) is 7.28. The van der Waals surface area contributed by atoms with Crippen LogP contribution in [0, 0.1) is 0 Å². The van der Waals surface area contributed by atoms with Crippen LogP contribution < -0.4 is 0 Å². The lowest BCUT2D eigenvalue weighted by Gasteiger charge is -1.95. The van der Waals surface area contributed by atoms with Crippen molar-refractivity contribution in [2.75, 3.05) is 19.1 Å². The maximum absolute atomic E-state index is 10.2. The lowest BCUT2D eigenvalue weighted by molar-refractivity contribution is -0.139. The van der Waals surface area contributed by atoms with Gasteiger partial charge in [0.1, 0.15) is 6.61 Å². The fourth-order valence-corrected chi connectivity index (χ4v) is 0.628. The standard InChI is InChI=1S/C6H12O2S/c1-6(7)8-4-5-9(2)3/h5H,4H2,1-3H3. The molecule has 0 spiro atoms. The van der Waals surface area contributed by atoms with Gasteiger partial charge in [0, 0.05) is 6.92 Å². The summed E-state index contributed by atoms with van der Waals surface area (Å²) < 4.78 is 4.67. The molecule has 0 atom stereocenters. The van der Waals surface area contributed by atoms with Crippen molar-refractivity contribution in [1.29, 1.82) is 0 Å². The molecule has 0 aliphatic rings. The van der Waals surface area contributed by atoms with Gasteiger partial charge < -0.3 is 4.74 Å². The number of carbonyl (C=O) groups excluding carboxylic acids is 1. The third kappa shape index (κ3) is 7.69. The second-order valence-corrected chi connectivity index (χ2v) is 3.94. The number of ether oxygens (including phenoxy) is 1. The van der Waals surface area contributed by atoms with Crippen molar-refractivity contribution in [2.24, 2.45) is 0 Å². The lowest BCUT2D eigenvalue weighted by Crippen LogP contribution is -2.00. The second kappa shape index (κ2) is 4.56. The first-order valence-corrected chi connectivity index (χ1v) is 4.76. The van der Waals surface area contributed by atoms with Crippen LogP contribution >= 0.6 is 10.5 Å². The highest BCUT2D eigenvalue weighted by atomic mass is 32.2. The van der Waals surface area contributed by atoms with Crippen molar-refractivity contribution in [3.63, 3.8) is 0 Å². The van der Waals surface area contributed by atoms with Crippen LogP contribution in [0.5, 0.6) is 0 Å². The maximum Gasteiger partial charge on any atom is 0.302 e. The Balaban J connectivity index is 3.31. The quantitative estimate of drug-likeness (QED) is 0.429. The van der Waals surface area contributed by atoms with Crippen molar-refractivity contribution in [3.05, 3.63) is 0 Å². The zero-order valence-electron chi connectivity index (χ0n) is 6.01. The van der Waals surface area contributed by atoms with Crippen LogP contribution in [0.15, 0.2) is 0 Å². The summed E-state index contributed by atoms with van der Waals surface area (Å²) in [6.45, 7) is 1.86. The number of hydrogen-bond donors (Lipinski definition) is 0. The Bertz CT molecular complexity index is 125. The van der Waals surface area contributed by atoms with Crippen molar-refractivity contribution >= 4 is 21.8 Å². The van der Waals surface area contributed by atoms with Gasteiger partial charge in [-0.25, -0.2) is 0 Å². The van der Waals surface area contributed by atoms with E-state index in [0.717, 1.165) is 0 Å². The molecule has 0 aromatic rings. The monoisotopic (exact) mass is 148 g/mol. The fraction of sp³-hybridized carbons (Fsp3) is 0.667. The molecule has 0 saturated carbocycles. The maximum atomic E-state index is 10.2. The Morgan fingerprint density at radius 1 is 1.67 bits per heavy atom. The average molecular weight is 148 g/mol. The molecule has 3 heteroatoms. The van der Waals surface area contributed by atoms with Gasteiger partial charge in [-0.3, -0.25) is 4.79 Å². The van der Waals surface area contributed by atoms with E-state index in [0.29, 0.717) is 6.61 Å². The van der Waals surface area contributed by atoms with E-state index in [1.54, 1.807) is 0 Å². The van der Waals surface area contributed by atoms with Crippen molar-refractivity contribution in [2.45, 2.75) is 6.92 Å². The predicted octanol–water partition coefficient (Wildman–Crippen LogP) is 0.880. The van der Waals surface area contributed by atoms with Crippen LogP contribution in [-0.2, 0) is 9.53 Å². The van der Waals surface area contributed by atoms with Gasteiger partial charge in [-0.2, -0.15) is 10.5 Å². The Kier molecular flexibility index (Phi) is 4.40. The molecule has 9 heavy (non-hydrogen) atoms. The first-order chi connectivity index (χ1) is 4.13. The molecule has 0 amide bonds. The van der Waals surface area contributed by atoms with Crippen LogP contribution in [0.25, 0.3) is 0 Å². The third-order valence-corrected chi connectivity index (χ3v) is 1.49. The molecule has 0 N–H and O–H groups in total. The second-order valence-electron chi connectivity index (χ2n) is 1.85. The highest BCUT2D eigenvalue weighted by Crippen LogP contribution is 1.93. The van der Waals surface area contributed by atoms with E-state index >= 15 is 0 Å². The molecule has 0 aromatic heterocycles. The Labute approximate surface area is 58.1 Å². The van der Waals surface area contributed by atoms with Crippen LogP contribution in [0.2, 0.25) is 0 Å². The van der Waals surface area contributed by atoms with Gasteiger partial charge >= 0.3 is 5.97 Å². The van der Waals surface area contributed by atoms with Gasteiger partial charge in [0.25, 0.3) is 0 Å². The van der Waals surface area contributed by atoms with Gasteiger partial charge in [0.2, 0.25) is 0 Å². The van der Waals surface area contributed by atoms with Gasteiger partial charge in [-0.15, -0.1) is 0 Å². The molecule has 54 valence electrons. The molecule has 0 heterocycles. The summed E-state index contributed by atoms with van der Waals surface area (Å²) in [5.41, 5.74) is 0. The van der Waals surface area contributed by atoms with Crippen LogP contribution in [-0.4, -0.2) is 30.5 Å². The summed E-state index contributed by atoms with van der Waals surface area (Å²) in [6.07, 6.45) is 4.15. The van der Waals surface area contributed by atoms with E-state index in [-0.39, 0.29) is 16.5 Å². The molecule has 0 bridgehead atoms. The van der Waals surface area contributed by atoms with E-state index in [1.165, 1.54) is 6.92 Å². The number of carbonyl (C=O) groups is 1. The Morgan fingerprint density at radius 3 is 2.56 bits per heavy atom. The van der Waals surface area contributed by atoms with E-state index in [1.807, 2.05) is 5.37 Å². The van der Waals surface area contributed by atoms with Crippen LogP contribution in [0.1, 0.15) is 6.92 Å². The largest absolute Gasteiger partial charge is 0.461 e. The number of esters is 1. The molecule has 0 aliphatic carbocycles.